The van der Waals surface area contributed by atoms with Gasteiger partial charge in [-0.25, -0.2) is 9.67 Å². The molecule has 0 atom stereocenters. The van der Waals surface area contributed by atoms with E-state index in [4.69, 9.17) is 16.3 Å². The van der Waals surface area contributed by atoms with Gasteiger partial charge in [-0.15, -0.1) is 5.10 Å². The fourth-order valence-corrected chi connectivity index (χ4v) is 3.11. The van der Waals surface area contributed by atoms with E-state index >= 15 is 0 Å². The van der Waals surface area contributed by atoms with Crippen LogP contribution in [0, 0.1) is 6.92 Å². The fraction of sp³-hybridized carbons (Fsp3) is 0.143. The molecular formula is C21H19ClN6O2. The van der Waals surface area contributed by atoms with Crippen LogP contribution in [0.2, 0.25) is 5.02 Å². The number of ether oxygens (including phenoxy) is 1. The quantitative estimate of drug-likeness (QED) is 0.511. The minimum Gasteiger partial charge on any atom is -0.495 e. The molecule has 0 bridgehead atoms. The standard InChI is InChI=1S/C21H19ClN6O2/c1-14-10-27(13-23-14)18-8-5-16(9-19(18)30-2)21(29)24-20-12-28(26-25-20)11-15-3-6-17(22)7-4-15/h3-10,12-13H,11H2,1-2H3,(H,24,29). The molecule has 0 radical (unpaired) electrons. The monoisotopic (exact) mass is 422 g/mol. The summed E-state index contributed by atoms with van der Waals surface area (Å²) in [6.45, 7) is 2.43. The van der Waals surface area contributed by atoms with E-state index in [0.29, 0.717) is 28.7 Å². The molecule has 152 valence electrons. The van der Waals surface area contributed by atoms with Crippen LogP contribution >= 0.6 is 11.6 Å². The zero-order valence-corrected chi connectivity index (χ0v) is 17.2. The second-order valence-electron chi connectivity index (χ2n) is 6.69. The average molecular weight is 423 g/mol. The predicted octanol–water partition coefficient (Wildman–Crippen LogP) is 3.73. The number of carbonyl (C=O) groups excluding carboxylic acids is 1. The Morgan fingerprint density at radius 2 is 1.97 bits per heavy atom. The molecule has 0 unspecified atom stereocenters. The second-order valence-corrected chi connectivity index (χ2v) is 7.13. The van der Waals surface area contributed by atoms with Crippen molar-refractivity contribution in [2.24, 2.45) is 0 Å². The smallest absolute Gasteiger partial charge is 0.257 e. The van der Waals surface area contributed by atoms with E-state index in [1.807, 2.05) is 48.0 Å². The van der Waals surface area contributed by atoms with E-state index in [9.17, 15) is 4.79 Å². The van der Waals surface area contributed by atoms with Crippen LogP contribution in [-0.4, -0.2) is 37.6 Å². The Labute approximate surface area is 178 Å². The highest BCUT2D eigenvalue weighted by atomic mass is 35.5. The third-order valence-corrected chi connectivity index (χ3v) is 4.72. The predicted molar refractivity (Wildman–Crippen MR) is 113 cm³/mol. The van der Waals surface area contributed by atoms with Crippen LogP contribution in [0.3, 0.4) is 0 Å². The van der Waals surface area contributed by atoms with Crippen molar-refractivity contribution in [2.75, 3.05) is 12.4 Å². The number of methoxy groups -OCH3 is 1. The number of anilines is 1. The number of hydrogen-bond donors (Lipinski definition) is 1. The molecule has 2 aromatic carbocycles. The lowest BCUT2D eigenvalue weighted by Crippen LogP contribution is -2.12. The van der Waals surface area contributed by atoms with Crippen molar-refractivity contribution in [3.05, 3.63) is 83.0 Å². The van der Waals surface area contributed by atoms with E-state index in [1.165, 1.54) is 0 Å². The van der Waals surface area contributed by atoms with Gasteiger partial charge in [0.2, 0.25) is 0 Å². The number of halogens is 1. The van der Waals surface area contributed by atoms with Gasteiger partial charge in [0, 0.05) is 16.8 Å². The second kappa shape index (κ2) is 8.38. The number of hydrogen-bond acceptors (Lipinski definition) is 5. The van der Waals surface area contributed by atoms with Crippen LogP contribution < -0.4 is 10.1 Å². The van der Waals surface area contributed by atoms with Gasteiger partial charge in [0.25, 0.3) is 5.91 Å². The number of nitrogens with zero attached hydrogens (tertiary/aromatic N) is 5. The molecule has 2 aromatic heterocycles. The van der Waals surface area contributed by atoms with Gasteiger partial charge in [-0.2, -0.15) is 0 Å². The van der Waals surface area contributed by atoms with E-state index in [0.717, 1.165) is 16.9 Å². The Kier molecular flexibility index (Phi) is 5.49. The maximum atomic E-state index is 12.7. The molecule has 0 aliphatic heterocycles. The topological polar surface area (TPSA) is 86.9 Å². The van der Waals surface area contributed by atoms with Crippen molar-refractivity contribution in [1.29, 1.82) is 0 Å². The van der Waals surface area contributed by atoms with Gasteiger partial charge in [0.05, 0.1) is 37.6 Å². The number of nitrogens with one attached hydrogen (secondary N) is 1. The van der Waals surface area contributed by atoms with E-state index in [-0.39, 0.29) is 5.91 Å². The summed E-state index contributed by atoms with van der Waals surface area (Å²) in [7, 11) is 1.56. The van der Waals surface area contributed by atoms with Crippen molar-refractivity contribution in [3.8, 4) is 11.4 Å². The summed E-state index contributed by atoms with van der Waals surface area (Å²) >= 11 is 5.91. The number of aryl methyl sites for hydroxylation is 1. The summed E-state index contributed by atoms with van der Waals surface area (Å²) in [5.41, 5.74) is 3.15. The molecule has 4 aromatic rings. The Balaban J connectivity index is 1.47. The number of carbonyl (C=O) groups is 1. The highest BCUT2D eigenvalue weighted by molar-refractivity contribution is 6.30. The summed E-state index contributed by atoms with van der Waals surface area (Å²) in [6.07, 6.45) is 5.26. The lowest BCUT2D eigenvalue weighted by atomic mass is 10.1. The first kappa shape index (κ1) is 19.7. The van der Waals surface area contributed by atoms with Crippen LogP contribution in [0.5, 0.6) is 5.75 Å². The number of imidazole rings is 1. The summed E-state index contributed by atoms with van der Waals surface area (Å²) in [6, 6.07) is 12.7. The van der Waals surface area contributed by atoms with E-state index in [2.05, 4.69) is 20.6 Å². The minimum absolute atomic E-state index is 0.305. The Hall–Kier alpha value is -3.65. The molecule has 0 saturated carbocycles. The normalized spacial score (nSPS) is 10.8. The van der Waals surface area contributed by atoms with Gasteiger partial charge in [-0.3, -0.25) is 4.79 Å². The van der Waals surface area contributed by atoms with E-state index in [1.54, 1.807) is 36.4 Å². The van der Waals surface area contributed by atoms with E-state index < -0.39 is 0 Å². The Bertz CT molecular complexity index is 1180. The maximum absolute atomic E-state index is 12.7. The average Bonchev–Trinajstić information content (AvgIpc) is 3.38. The molecule has 0 aliphatic rings. The lowest BCUT2D eigenvalue weighted by Gasteiger charge is -2.11. The highest BCUT2D eigenvalue weighted by Crippen LogP contribution is 2.25. The van der Waals surface area contributed by atoms with Gasteiger partial charge in [0.1, 0.15) is 5.75 Å². The van der Waals surface area contributed by atoms with Crippen LogP contribution in [0.1, 0.15) is 21.6 Å². The molecule has 30 heavy (non-hydrogen) atoms. The first-order chi connectivity index (χ1) is 14.5. The molecule has 0 saturated heterocycles. The van der Waals surface area contributed by atoms with Gasteiger partial charge < -0.3 is 14.6 Å². The van der Waals surface area contributed by atoms with Crippen LogP contribution in [0.25, 0.3) is 5.69 Å². The number of benzene rings is 2. The van der Waals surface area contributed by atoms with Crippen molar-refractivity contribution in [2.45, 2.75) is 13.5 Å². The molecule has 8 nitrogen and oxygen atoms in total. The third-order valence-electron chi connectivity index (χ3n) is 4.47. The van der Waals surface area contributed by atoms with Gasteiger partial charge in [-0.1, -0.05) is 28.9 Å². The first-order valence-electron chi connectivity index (χ1n) is 9.17. The van der Waals surface area contributed by atoms with Crippen molar-refractivity contribution < 1.29 is 9.53 Å². The maximum Gasteiger partial charge on any atom is 0.257 e. The summed E-state index contributed by atoms with van der Waals surface area (Å²) < 4.78 is 8.95. The Morgan fingerprint density at radius 3 is 2.67 bits per heavy atom. The third kappa shape index (κ3) is 4.33. The Morgan fingerprint density at radius 1 is 1.17 bits per heavy atom. The molecular weight excluding hydrogens is 404 g/mol. The molecule has 0 spiro atoms. The van der Waals surface area contributed by atoms with Crippen LogP contribution in [0.4, 0.5) is 5.82 Å². The van der Waals surface area contributed by atoms with Crippen molar-refractivity contribution >= 4 is 23.3 Å². The molecule has 9 heteroatoms. The molecule has 0 aliphatic carbocycles. The summed E-state index contributed by atoms with van der Waals surface area (Å²) in [5.74, 6) is 0.619. The van der Waals surface area contributed by atoms with Crippen LogP contribution in [-0.2, 0) is 6.54 Å². The van der Waals surface area contributed by atoms with Crippen LogP contribution in [0.15, 0.2) is 61.2 Å². The number of amides is 1. The molecule has 1 amide bonds. The fourth-order valence-electron chi connectivity index (χ4n) is 2.98. The first-order valence-corrected chi connectivity index (χ1v) is 9.54. The van der Waals surface area contributed by atoms with Crippen molar-refractivity contribution in [1.82, 2.24) is 24.5 Å². The van der Waals surface area contributed by atoms with Gasteiger partial charge >= 0.3 is 0 Å². The summed E-state index contributed by atoms with van der Waals surface area (Å²) in [5, 5.41) is 11.5. The van der Waals surface area contributed by atoms with Crippen molar-refractivity contribution in [3.63, 3.8) is 0 Å². The number of rotatable bonds is 6. The van der Waals surface area contributed by atoms with Gasteiger partial charge in [0.15, 0.2) is 5.82 Å². The largest absolute Gasteiger partial charge is 0.495 e. The SMILES string of the molecule is COc1cc(C(=O)Nc2cn(Cc3ccc(Cl)cc3)nn2)ccc1-n1cnc(C)c1. The molecule has 0 fully saturated rings. The zero-order valence-electron chi connectivity index (χ0n) is 16.4. The lowest BCUT2D eigenvalue weighted by molar-refractivity contribution is 0.102. The summed E-state index contributed by atoms with van der Waals surface area (Å²) in [4.78, 5) is 16.9. The molecule has 2 heterocycles. The number of aromatic nitrogens is 5. The van der Waals surface area contributed by atoms with Gasteiger partial charge in [-0.05, 0) is 42.8 Å². The highest BCUT2D eigenvalue weighted by Gasteiger charge is 2.13. The molecule has 1 N–H and O–H groups in total. The molecule has 4 rings (SSSR count). The zero-order chi connectivity index (χ0) is 21.1. The minimum atomic E-state index is -0.305.